The Morgan fingerprint density at radius 2 is 1.76 bits per heavy atom. The molecule has 1 atom stereocenters. The molecule has 6 nitrogen and oxygen atoms in total. The van der Waals surface area contributed by atoms with Crippen molar-refractivity contribution in [3.63, 3.8) is 0 Å². The highest BCUT2D eigenvalue weighted by molar-refractivity contribution is 5.95. The van der Waals surface area contributed by atoms with Gasteiger partial charge in [-0.3, -0.25) is 9.59 Å². The number of aromatic amines is 1. The standard InChI is InChI=1S/C25H30N4O2.C7H14/c1-4-8-19(11-7-12-23(30)26-3)24-28-21-14-13-20(16-22(21)29-24)27-25(31)18(5-2)15-17-9-6-10-17;1-2-4-6-7-5-3-1/h4-5,7-8,11-14,16-18H,2,6,9-10,15H2,1,3H3,(H,26,30)(H,27,31)(H,28,29);1-7H2/b8-4-,12-7+,19-11+;. The SMILES string of the molecule is C1CCCCCC1.C=CC(CC1CCC1)C(=O)Nc1ccc2nc(C(/C=C\C)=C/C=C/C(=O)NC)[nH]c2c1. The molecule has 0 bridgehead atoms. The van der Waals surface area contributed by atoms with E-state index in [1.165, 1.54) is 70.3 Å². The molecule has 2 amide bonds. The number of carbonyl (C=O) groups is 2. The summed E-state index contributed by atoms with van der Waals surface area (Å²) in [6, 6.07) is 5.63. The van der Waals surface area contributed by atoms with E-state index in [9.17, 15) is 9.59 Å². The summed E-state index contributed by atoms with van der Waals surface area (Å²) in [5.74, 6) is 0.966. The first kappa shape index (κ1) is 29.2. The first-order valence-corrected chi connectivity index (χ1v) is 14.2. The number of anilines is 1. The van der Waals surface area contributed by atoms with Crippen molar-refractivity contribution in [1.82, 2.24) is 15.3 Å². The first-order valence-electron chi connectivity index (χ1n) is 14.2. The van der Waals surface area contributed by atoms with Crippen LogP contribution in [0.5, 0.6) is 0 Å². The van der Waals surface area contributed by atoms with Crippen LogP contribution < -0.4 is 10.6 Å². The van der Waals surface area contributed by atoms with Gasteiger partial charge in [-0.1, -0.05) is 94.6 Å². The molecular formula is C32H44N4O2. The molecule has 1 unspecified atom stereocenters. The number of amides is 2. The Morgan fingerprint density at radius 1 is 1.08 bits per heavy atom. The summed E-state index contributed by atoms with van der Waals surface area (Å²) >= 11 is 0. The van der Waals surface area contributed by atoms with Crippen LogP contribution in [0.25, 0.3) is 16.6 Å². The molecule has 204 valence electrons. The number of allylic oxidation sites excluding steroid dienone is 5. The van der Waals surface area contributed by atoms with E-state index in [1.54, 1.807) is 19.2 Å². The second kappa shape index (κ2) is 15.8. The van der Waals surface area contributed by atoms with Crippen molar-refractivity contribution in [1.29, 1.82) is 0 Å². The van der Waals surface area contributed by atoms with E-state index in [-0.39, 0.29) is 17.7 Å². The summed E-state index contributed by atoms with van der Waals surface area (Å²) < 4.78 is 0. The Morgan fingerprint density at radius 3 is 2.32 bits per heavy atom. The predicted octanol–water partition coefficient (Wildman–Crippen LogP) is 7.49. The van der Waals surface area contributed by atoms with Crippen LogP contribution in [0, 0.1) is 11.8 Å². The van der Waals surface area contributed by atoms with Crippen LogP contribution in [0.1, 0.15) is 83.4 Å². The second-order valence-corrected chi connectivity index (χ2v) is 10.3. The molecule has 0 saturated heterocycles. The number of aromatic nitrogens is 2. The molecule has 2 aromatic rings. The average Bonchev–Trinajstić information content (AvgIpc) is 3.08. The van der Waals surface area contributed by atoms with Crippen LogP contribution in [0.4, 0.5) is 5.69 Å². The zero-order valence-electron chi connectivity index (χ0n) is 23.1. The van der Waals surface area contributed by atoms with Crippen molar-refractivity contribution in [3.8, 4) is 0 Å². The number of carbonyl (C=O) groups excluding carboxylic acids is 2. The minimum absolute atomic E-state index is 0.0187. The van der Waals surface area contributed by atoms with Gasteiger partial charge in [0.05, 0.1) is 17.0 Å². The van der Waals surface area contributed by atoms with Gasteiger partial charge in [-0.15, -0.1) is 6.58 Å². The highest BCUT2D eigenvalue weighted by Gasteiger charge is 2.24. The number of hydrogen-bond acceptors (Lipinski definition) is 3. The molecule has 2 saturated carbocycles. The largest absolute Gasteiger partial charge is 0.356 e. The lowest BCUT2D eigenvalue weighted by Crippen LogP contribution is -2.25. The maximum absolute atomic E-state index is 12.7. The lowest BCUT2D eigenvalue weighted by Gasteiger charge is -2.27. The van der Waals surface area contributed by atoms with Crippen LogP contribution in [-0.2, 0) is 9.59 Å². The molecule has 4 rings (SSSR count). The van der Waals surface area contributed by atoms with Gasteiger partial charge in [-0.2, -0.15) is 0 Å². The normalized spacial score (nSPS) is 17.4. The Labute approximate surface area is 227 Å². The van der Waals surface area contributed by atoms with Gasteiger partial charge in [0.2, 0.25) is 11.8 Å². The summed E-state index contributed by atoms with van der Waals surface area (Å²) in [5, 5.41) is 5.56. The number of likely N-dealkylation sites (N-methyl/N-ethyl adjacent to an activating group) is 1. The minimum atomic E-state index is -0.172. The highest BCUT2D eigenvalue weighted by atomic mass is 16.2. The first-order chi connectivity index (χ1) is 18.5. The predicted molar refractivity (Wildman–Crippen MR) is 159 cm³/mol. The molecule has 2 aliphatic carbocycles. The summed E-state index contributed by atoms with van der Waals surface area (Å²) in [6.07, 6.45) is 25.6. The van der Waals surface area contributed by atoms with Crippen molar-refractivity contribution < 1.29 is 9.59 Å². The van der Waals surface area contributed by atoms with Crippen LogP contribution in [-0.4, -0.2) is 28.8 Å². The number of fused-ring (bicyclic) bond motifs is 1. The van der Waals surface area contributed by atoms with E-state index in [1.807, 2.05) is 43.4 Å². The molecule has 2 aliphatic rings. The number of hydrogen-bond donors (Lipinski definition) is 3. The van der Waals surface area contributed by atoms with Crippen molar-refractivity contribution in [2.75, 3.05) is 12.4 Å². The smallest absolute Gasteiger partial charge is 0.243 e. The third-order valence-electron chi connectivity index (χ3n) is 7.32. The van der Waals surface area contributed by atoms with Gasteiger partial charge in [-0.25, -0.2) is 4.98 Å². The number of rotatable bonds is 9. The monoisotopic (exact) mass is 516 g/mol. The third kappa shape index (κ3) is 9.16. The number of H-pyrrole nitrogens is 1. The quantitative estimate of drug-likeness (QED) is 0.140. The van der Waals surface area contributed by atoms with Crippen molar-refractivity contribution >= 4 is 34.1 Å². The van der Waals surface area contributed by atoms with Gasteiger partial charge >= 0.3 is 0 Å². The summed E-state index contributed by atoms with van der Waals surface area (Å²) in [4.78, 5) is 32.0. The second-order valence-electron chi connectivity index (χ2n) is 10.3. The molecule has 0 aliphatic heterocycles. The van der Waals surface area contributed by atoms with E-state index in [0.29, 0.717) is 11.7 Å². The zero-order chi connectivity index (χ0) is 27.2. The lowest BCUT2D eigenvalue weighted by atomic mass is 9.79. The topological polar surface area (TPSA) is 86.9 Å². The van der Waals surface area contributed by atoms with Crippen LogP contribution >= 0.6 is 0 Å². The fourth-order valence-electron chi connectivity index (χ4n) is 4.81. The molecule has 1 aromatic heterocycles. The minimum Gasteiger partial charge on any atom is -0.356 e. The molecular weight excluding hydrogens is 472 g/mol. The van der Waals surface area contributed by atoms with Crippen LogP contribution in [0.3, 0.4) is 0 Å². The fraction of sp³-hybridized carbons (Fsp3) is 0.469. The van der Waals surface area contributed by atoms with Crippen molar-refractivity contribution in [3.05, 3.63) is 67.1 Å². The molecule has 0 radical (unpaired) electrons. The Kier molecular flexibility index (Phi) is 12.1. The number of imidazole rings is 1. The number of nitrogens with one attached hydrogen (secondary N) is 3. The highest BCUT2D eigenvalue weighted by Crippen LogP contribution is 2.33. The lowest BCUT2D eigenvalue weighted by molar-refractivity contribution is -0.119. The summed E-state index contributed by atoms with van der Waals surface area (Å²) in [5.41, 5.74) is 3.20. The Hall–Kier alpha value is -3.41. The maximum atomic E-state index is 12.7. The van der Waals surface area contributed by atoms with Crippen molar-refractivity contribution in [2.24, 2.45) is 11.8 Å². The van der Waals surface area contributed by atoms with E-state index < -0.39 is 0 Å². The van der Waals surface area contributed by atoms with Gasteiger partial charge < -0.3 is 15.6 Å². The van der Waals surface area contributed by atoms with Gasteiger partial charge in [0.25, 0.3) is 0 Å². The van der Waals surface area contributed by atoms with Gasteiger partial charge in [-0.05, 0) is 37.5 Å². The van der Waals surface area contributed by atoms with E-state index in [4.69, 9.17) is 0 Å². The fourth-order valence-corrected chi connectivity index (χ4v) is 4.81. The molecule has 2 fully saturated rings. The molecule has 38 heavy (non-hydrogen) atoms. The van der Waals surface area contributed by atoms with Crippen LogP contribution in [0.15, 0.2) is 61.2 Å². The number of nitrogens with zero attached hydrogens (tertiary/aromatic N) is 1. The molecule has 0 spiro atoms. The van der Waals surface area contributed by atoms with Gasteiger partial charge in [0.15, 0.2) is 0 Å². The van der Waals surface area contributed by atoms with Gasteiger partial charge in [0, 0.05) is 24.4 Å². The van der Waals surface area contributed by atoms with Gasteiger partial charge in [0.1, 0.15) is 5.82 Å². The molecule has 1 aromatic carbocycles. The maximum Gasteiger partial charge on any atom is 0.243 e. The average molecular weight is 517 g/mol. The zero-order valence-corrected chi connectivity index (χ0v) is 23.1. The molecule has 1 heterocycles. The summed E-state index contributed by atoms with van der Waals surface area (Å²) in [6.45, 7) is 5.77. The third-order valence-corrected chi connectivity index (χ3v) is 7.32. The molecule has 3 N–H and O–H groups in total. The van der Waals surface area contributed by atoms with Crippen molar-refractivity contribution in [2.45, 2.75) is 77.6 Å². The number of benzene rings is 1. The summed E-state index contributed by atoms with van der Waals surface area (Å²) in [7, 11) is 1.59. The Balaban J connectivity index is 0.000000494. The van der Waals surface area contributed by atoms with E-state index in [0.717, 1.165) is 28.7 Å². The van der Waals surface area contributed by atoms with Crippen LogP contribution in [0.2, 0.25) is 0 Å². The molecule has 6 heteroatoms. The van der Waals surface area contributed by atoms with E-state index in [2.05, 4.69) is 27.2 Å². The Bertz CT molecular complexity index is 1130. The van der Waals surface area contributed by atoms with E-state index >= 15 is 0 Å².